The van der Waals surface area contributed by atoms with Gasteiger partial charge in [0.15, 0.2) is 5.58 Å². The van der Waals surface area contributed by atoms with Crippen molar-refractivity contribution in [3.8, 4) is 0 Å². The Morgan fingerprint density at radius 2 is 1.85 bits per heavy atom. The molecular formula is C19H17N5O3. The minimum Gasteiger partial charge on any atom is -0.356 e. The molecule has 136 valence electrons. The Bertz CT molecular complexity index is 1190. The summed E-state index contributed by atoms with van der Waals surface area (Å²) in [4.78, 5) is 29.3. The molecule has 0 atom stereocenters. The van der Waals surface area contributed by atoms with Crippen molar-refractivity contribution >= 4 is 33.7 Å². The van der Waals surface area contributed by atoms with Gasteiger partial charge >= 0.3 is 0 Å². The highest BCUT2D eigenvalue weighted by Gasteiger charge is 2.14. The summed E-state index contributed by atoms with van der Waals surface area (Å²) in [5, 5.41) is 5.27. The number of fused-ring (bicyclic) bond motifs is 2. The van der Waals surface area contributed by atoms with E-state index in [9.17, 15) is 9.59 Å². The van der Waals surface area contributed by atoms with Crippen LogP contribution in [0.4, 0.5) is 5.95 Å². The number of rotatable bonds is 5. The lowest BCUT2D eigenvalue weighted by Gasteiger charge is -2.13. The number of hydrogen-bond donors (Lipinski definition) is 2. The topological polar surface area (TPSA) is 102 Å². The van der Waals surface area contributed by atoms with Crippen LogP contribution in [0.15, 0.2) is 57.8 Å². The minimum atomic E-state index is -0.320. The number of nitrogens with one attached hydrogen (secondary N) is 2. The number of anilines is 1. The van der Waals surface area contributed by atoms with Crippen LogP contribution in [0, 0.1) is 0 Å². The molecule has 0 saturated heterocycles. The fraction of sp³-hybridized carbons (Fsp3) is 0.158. The van der Waals surface area contributed by atoms with Crippen LogP contribution in [0.1, 0.15) is 12.6 Å². The lowest BCUT2D eigenvalue weighted by molar-refractivity contribution is -0.120. The van der Waals surface area contributed by atoms with E-state index in [4.69, 9.17) is 4.52 Å². The van der Waals surface area contributed by atoms with E-state index in [-0.39, 0.29) is 23.8 Å². The number of carbonyl (C=O) groups is 1. The summed E-state index contributed by atoms with van der Waals surface area (Å²) in [5.41, 5.74) is 6.90. The zero-order chi connectivity index (χ0) is 18.8. The van der Waals surface area contributed by atoms with Gasteiger partial charge in [-0.2, -0.15) is 0 Å². The van der Waals surface area contributed by atoms with Crippen molar-refractivity contribution in [2.24, 2.45) is 0 Å². The van der Waals surface area contributed by atoms with Crippen molar-refractivity contribution in [3.63, 3.8) is 0 Å². The summed E-state index contributed by atoms with van der Waals surface area (Å²) in [6.45, 7) is 2.26. The first-order chi connectivity index (χ1) is 13.2. The summed E-state index contributed by atoms with van der Waals surface area (Å²) in [7, 11) is 0. The second-order valence-electron chi connectivity index (χ2n) is 5.98. The third-order valence-electron chi connectivity index (χ3n) is 4.27. The second-order valence-corrected chi connectivity index (χ2v) is 5.98. The van der Waals surface area contributed by atoms with Crippen molar-refractivity contribution in [2.45, 2.75) is 19.9 Å². The molecule has 27 heavy (non-hydrogen) atoms. The average Bonchev–Trinajstić information content (AvgIpc) is 3.09. The van der Waals surface area contributed by atoms with E-state index >= 15 is 0 Å². The van der Waals surface area contributed by atoms with Gasteiger partial charge < -0.3 is 4.52 Å². The van der Waals surface area contributed by atoms with Crippen LogP contribution in [0.2, 0.25) is 0 Å². The minimum absolute atomic E-state index is 0.0357. The number of carbonyl (C=O) groups excluding carboxylic acids is 1. The van der Waals surface area contributed by atoms with E-state index in [0.29, 0.717) is 28.7 Å². The molecule has 2 aromatic carbocycles. The molecule has 2 heterocycles. The van der Waals surface area contributed by atoms with E-state index in [0.717, 1.165) is 5.39 Å². The van der Waals surface area contributed by atoms with E-state index in [2.05, 4.69) is 21.0 Å². The van der Waals surface area contributed by atoms with E-state index in [1.54, 1.807) is 24.3 Å². The maximum atomic E-state index is 12.6. The number of hydrazine groups is 1. The fourth-order valence-corrected chi connectivity index (χ4v) is 2.94. The van der Waals surface area contributed by atoms with Crippen molar-refractivity contribution < 1.29 is 9.32 Å². The monoisotopic (exact) mass is 363 g/mol. The predicted molar refractivity (Wildman–Crippen MR) is 101 cm³/mol. The molecule has 0 spiro atoms. The second kappa shape index (κ2) is 6.91. The predicted octanol–water partition coefficient (Wildman–Crippen LogP) is 2.24. The highest BCUT2D eigenvalue weighted by molar-refractivity contribution is 5.86. The van der Waals surface area contributed by atoms with E-state index in [1.165, 1.54) is 4.57 Å². The molecule has 2 aromatic heterocycles. The van der Waals surface area contributed by atoms with Crippen LogP contribution in [0.5, 0.6) is 0 Å². The van der Waals surface area contributed by atoms with Gasteiger partial charge in [-0.15, -0.1) is 0 Å². The molecule has 8 heteroatoms. The number of aromatic nitrogens is 3. The van der Waals surface area contributed by atoms with E-state index < -0.39 is 0 Å². The molecule has 4 aromatic rings. The zero-order valence-corrected chi connectivity index (χ0v) is 14.6. The quantitative estimate of drug-likeness (QED) is 0.527. The number of amides is 1. The maximum absolute atomic E-state index is 12.6. The lowest BCUT2D eigenvalue weighted by atomic mass is 10.2. The van der Waals surface area contributed by atoms with E-state index in [1.807, 2.05) is 31.2 Å². The Hall–Kier alpha value is -3.68. The largest absolute Gasteiger partial charge is 0.356 e. The third kappa shape index (κ3) is 3.12. The van der Waals surface area contributed by atoms with Gasteiger partial charge in [0.2, 0.25) is 11.9 Å². The highest BCUT2D eigenvalue weighted by atomic mass is 16.5. The van der Waals surface area contributed by atoms with Gasteiger partial charge in [-0.25, -0.2) is 4.98 Å². The Kier molecular flexibility index (Phi) is 4.29. The smallest absolute Gasteiger partial charge is 0.262 e. The maximum Gasteiger partial charge on any atom is 0.262 e. The summed E-state index contributed by atoms with van der Waals surface area (Å²) >= 11 is 0. The Balaban J connectivity index is 1.54. The third-order valence-corrected chi connectivity index (χ3v) is 4.27. The molecule has 0 fully saturated rings. The van der Waals surface area contributed by atoms with Crippen LogP contribution in [-0.2, 0) is 17.8 Å². The first-order valence-electron chi connectivity index (χ1n) is 8.55. The molecule has 1 amide bonds. The summed E-state index contributed by atoms with van der Waals surface area (Å²) in [6.07, 6.45) is 0.0357. The zero-order valence-electron chi connectivity index (χ0n) is 14.6. The molecule has 8 nitrogen and oxygen atoms in total. The number of para-hydroxylation sites is 2. The molecular weight excluding hydrogens is 346 g/mol. The Morgan fingerprint density at radius 1 is 1.11 bits per heavy atom. The Morgan fingerprint density at radius 3 is 2.67 bits per heavy atom. The normalized spacial score (nSPS) is 11.0. The van der Waals surface area contributed by atoms with Crippen molar-refractivity contribution in [1.82, 2.24) is 20.1 Å². The van der Waals surface area contributed by atoms with Gasteiger partial charge in [0.25, 0.3) is 5.56 Å². The molecule has 0 aliphatic heterocycles. The van der Waals surface area contributed by atoms with Crippen LogP contribution in [-0.4, -0.2) is 20.6 Å². The molecule has 0 unspecified atom stereocenters. The molecule has 0 saturated carbocycles. The molecule has 2 N–H and O–H groups in total. The van der Waals surface area contributed by atoms with Crippen LogP contribution >= 0.6 is 0 Å². The first kappa shape index (κ1) is 16.8. The molecule has 0 bridgehead atoms. The number of nitrogens with zero attached hydrogens (tertiary/aromatic N) is 3. The van der Waals surface area contributed by atoms with Gasteiger partial charge in [-0.3, -0.25) is 25.0 Å². The number of benzene rings is 2. The van der Waals surface area contributed by atoms with Crippen molar-refractivity contribution in [1.29, 1.82) is 0 Å². The molecule has 0 radical (unpaired) electrons. The lowest BCUT2D eigenvalue weighted by Crippen LogP contribution is -2.35. The molecule has 0 aliphatic carbocycles. The standard InChI is InChI=1S/C19H17N5O3/c1-2-24-18(26)13-8-3-5-9-14(13)20-19(24)22-21-17(25)11-15-12-7-4-6-10-16(12)27-23-15/h3-10H,2,11H2,1H3,(H,20,22)(H,21,25). The summed E-state index contributed by atoms with van der Waals surface area (Å²) < 4.78 is 6.67. The summed E-state index contributed by atoms with van der Waals surface area (Å²) in [5.74, 6) is -0.0429. The van der Waals surface area contributed by atoms with Crippen LogP contribution < -0.4 is 16.4 Å². The first-order valence-corrected chi connectivity index (χ1v) is 8.55. The molecule has 4 rings (SSSR count). The Labute approximate surface area is 153 Å². The van der Waals surface area contributed by atoms with Crippen molar-refractivity contribution in [2.75, 3.05) is 5.43 Å². The SMILES string of the molecule is CCn1c(NNC(=O)Cc2noc3ccccc23)nc2ccccc2c1=O. The average molecular weight is 363 g/mol. The van der Waals surface area contributed by atoms with Crippen LogP contribution in [0.25, 0.3) is 21.9 Å². The van der Waals surface area contributed by atoms with Gasteiger partial charge in [0.1, 0.15) is 5.69 Å². The van der Waals surface area contributed by atoms with Gasteiger partial charge in [-0.05, 0) is 31.2 Å². The summed E-state index contributed by atoms with van der Waals surface area (Å²) in [6, 6.07) is 14.4. The number of hydrogen-bond acceptors (Lipinski definition) is 6. The molecule has 0 aliphatic rings. The van der Waals surface area contributed by atoms with Gasteiger partial charge in [0, 0.05) is 11.9 Å². The van der Waals surface area contributed by atoms with Gasteiger partial charge in [-0.1, -0.05) is 29.4 Å². The van der Waals surface area contributed by atoms with Gasteiger partial charge in [0.05, 0.1) is 17.3 Å². The van der Waals surface area contributed by atoms with Crippen molar-refractivity contribution in [3.05, 3.63) is 64.6 Å². The van der Waals surface area contributed by atoms with Crippen LogP contribution in [0.3, 0.4) is 0 Å². The highest BCUT2D eigenvalue weighted by Crippen LogP contribution is 2.18. The fourth-order valence-electron chi connectivity index (χ4n) is 2.94.